The third kappa shape index (κ3) is 6.43. The molecule has 3 aromatic carbocycles. The van der Waals surface area contributed by atoms with Crippen molar-refractivity contribution in [2.24, 2.45) is 5.16 Å². The quantitative estimate of drug-likeness (QED) is 0.510. The Kier molecular flexibility index (Phi) is 7.42. The van der Waals surface area contributed by atoms with E-state index in [1.165, 1.54) is 24.3 Å². The van der Waals surface area contributed by atoms with Crippen molar-refractivity contribution < 1.29 is 23.1 Å². The third-order valence-electron chi connectivity index (χ3n) is 5.56. The molecular weight excluding hydrogens is 429 g/mol. The fourth-order valence-electron chi connectivity index (χ4n) is 3.97. The first-order valence-corrected chi connectivity index (χ1v) is 10.8. The fourth-order valence-corrected chi connectivity index (χ4v) is 3.97. The minimum atomic E-state index is -0.685. The average Bonchev–Trinajstić information content (AvgIpc) is 3.25. The van der Waals surface area contributed by atoms with Gasteiger partial charge in [-0.3, -0.25) is 4.90 Å². The molecule has 1 aliphatic rings. The van der Waals surface area contributed by atoms with Gasteiger partial charge in [0.25, 0.3) is 0 Å². The molecule has 0 saturated carbocycles. The predicted octanol–water partition coefficient (Wildman–Crippen LogP) is 4.70. The highest BCUT2D eigenvalue weighted by molar-refractivity contribution is 6.01. The largest absolute Gasteiger partial charge is 0.391 e. The minimum absolute atomic E-state index is 0.184. The molecule has 0 bridgehead atoms. The number of aliphatic hydroxyl groups excluding tert-OH is 1. The summed E-state index contributed by atoms with van der Waals surface area (Å²) in [5, 5.41) is 14.8. The molecule has 3 aromatic rings. The number of benzene rings is 3. The van der Waals surface area contributed by atoms with Gasteiger partial charge in [-0.1, -0.05) is 53.7 Å². The topological polar surface area (TPSA) is 45.1 Å². The Labute approximate surface area is 190 Å². The van der Waals surface area contributed by atoms with Crippen LogP contribution in [0.1, 0.15) is 23.1 Å². The molecule has 0 fully saturated rings. The number of hydrogen-bond donors (Lipinski definition) is 1. The molecule has 4 nitrogen and oxygen atoms in total. The first-order valence-electron chi connectivity index (χ1n) is 10.8. The van der Waals surface area contributed by atoms with Crippen molar-refractivity contribution in [2.45, 2.75) is 31.6 Å². The third-order valence-corrected chi connectivity index (χ3v) is 5.56. The molecule has 0 radical (unpaired) electrons. The molecule has 0 unspecified atom stereocenters. The van der Waals surface area contributed by atoms with Gasteiger partial charge in [0.2, 0.25) is 0 Å². The Morgan fingerprint density at radius 3 is 2.42 bits per heavy atom. The second kappa shape index (κ2) is 10.6. The van der Waals surface area contributed by atoms with Crippen LogP contribution in [0.2, 0.25) is 0 Å². The maximum Gasteiger partial charge on any atom is 0.145 e. The smallest absolute Gasteiger partial charge is 0.145 e. The SMILES string of the molecule is O[C@@H](Cc1ccccc1)CN(Cc1ccc(F)cc1F)C[C@H]1CC(c2ccc(F)cc2)=NO1. The molecule has 1 aliphatic heterocycles. The van der Waals surface area contributed by atoms with Gasteiger partial charge in [-0.2, -0.15) is 0 Å². The van der Waals surface area contributed by atoms with Crippen molar-refractivity contribution >= 4 is 5.71 Å². The van der Waals surface area contributed by atoms with Crippen LogP contribution < -0.4 is 0 Å². The van der Waals surface area contributed by atoms with Crippen LogP contribution >= 0.6 is 0 Å². The Morgan fingerprint density at radius 2 is 1.70 bits per heavy atom. The molecule has 2 atom stereocenters. The number of rotatable bonds is 9. The lowest BCUT2D eigenvalue weighted by Gasteiger charge is -2.27. The lowest BCUT2D eigenvalue weighted by molar-refractivity contribution is 0.0319. The summed E-state index contributed by atoms with van der Waals surface area (Å²) >= 11 is 0. The van der Waals surface area contributed by atoms with Crippen molar-refractivity contribution in [3.05, 3.63) is 107 Å². The molecule has 0 amide bonds. The number of oxime groups is 1. The molecule has 1 N–H and O–H groups in total. The maximum atomic E-state index is 14.3. The zero-order chi connectivity index (χ0) is 23.2. The molecule has 0 aliphatic carbocycles. The second-order valence-corrected chi connectivity index (χ2v) is 8.25. The Hall–Kier alpha value is -3.16. The summed E-state index contributed by atoms with van der Waals surface area (Å²) in [5.41, 5.74) is 2.81. The van der Waals surface area contributed by atoms with E-state index in [1.807, 2.05) is 35.2 Å². The van der Waals surface area contributed by atoms with Gasteiger partial charge in [-0.25, -0.2) is 13.2 Å². The zero-order valence-corrected chi connectivity index (χ0v) is 18.0. The molecule has 0 spiro atoms. The van der Waals surface area contributed by atoms with E-state index in [1.54, 1.807) is 12.1 Å². The van der Waals surface area contributed by atoms with Crippen LogP contribution in [-0.2, 0) is 17.8 Å². The number of nitrogens with zero attached hydrogens (tertiary/aromatic N) is 2. The van der Waals surface area contributed by atoms with Gasteiger partial charge in [0.1, 0.15) is 23.6 Å². The lowest BCUT2D eigenvalue weighted by atomic mass is 10.0. The number of halogens is 3. The second-order valence-electron chi connectivity index (χ2n) is 8.25. The highest BCUT2D eigenvalue weighted by Gasteiger charge is 2.26. The normalized spacial score (nSPS) is 16.5. The van der Waals surface area contributed by atoms with E-state index < -0.39 is 17.7 Å². The first kappa shape index (κ1) is 23.0. The molecule has 33 heavy (non-hydrogen) atoms. The highest BCUT2D eigenvalue weighted by atomic mass is 19.1. The van der Waals surface area contributed by atoms with Crippen LogP contribution in [0.25, 0.3) is 0 Å². The fraction of sp³-hybridized carbons (Fsp3) is 0.269. The van der Waals surface area contributed by atoms with Crippen molar-refractivity contribution in [3.63, 3.8) is 0 Å². The van der Waals surface area contributed by atoms with E-state index in [4.69, 9.17) is 4.84 Å². The summed E-state index contributed by atoms with van der Waals surface area (Å²) in [7, 11) is 0. The van der Waals surface area contributed by atoms with Gasteiger partial charge in [0, 0.05) is 37.7 Å². The van der Waals surface area contributed by atoms with Crippen molar-refractivity contribution in [1.82, 2.24) is 4.90 Å². The van der Waals surface area contributed by atoms with Crippen LogP contribution in [0.5, 0.6) is 0 Å². The Balaban J connectivity index is 1.43. The zero-order valence-electron chi connectivity index (χ0n) is 18.0. The maximum absolute atomic E-state index is 14.3. The van der Waals surface area contributed by atoms with Gasteiger partial charge < -0.3 is 9.94 Å². The Morgan fingerprint density at radius 1 is 0.970 bits per heavy atom. The number of hydrogen-bond acceptors (Lipinski definition) is 4. The molecule has 7 heteroatoms. The molecular formula is C26H25F3N2O2. The summed E-state index contributed by atoms with van der Waals surface area (Å²) in [6, 6.07) is 19.1. The van der Waals surface area contributed by atoms with Crippen molar-refractivity contribution in [2.75, 3.05) is 13.1 Å². The van der Waals surface area contributed by atoms with E-state index in [0.29, 0.717) is 30.7 Å². The van der Waals surface area contributed by atoms with E-state index in [-0.39, 0.29) is 25.0 Å². The molecule has 0 aromatic heterocycles. The summed E-state index contributed by atoms with van der Waals surface area (Å²) in [6.45, 7) is 0.845. The van der Waals surface area contributed by atoms with E-state index in [9.17, 15) is 18.3 Å². The average molecular weight is 454 g/mol. The lowest BCUT2D eigenvalue weighted by Crippen LogP contribution is -2.38. The van der Waals surface area contributed by atoms with Gasteiger partial charge in [-0.15, -0.1) is 0 Å². The molecule has 1 heterocycles. The first-order chi connectivity index (χ1) is 16.0. The van der Waals surface area contributed by atoms with Gasteiger partial charge >= 0.3 is 0 Å². The van der Waals surface area contributed by atoms with Crippen LogP contribution in [0, 0.1) is 17.5 Å². The summed E-state index contributed by atoms with van der Waals surface area (Å²) in [5.74, 6) is -1.59. The van der Waals surface area contributed by atoms with Crippen molar-refractivity contribution in [3.8, 4) is 0 Å². The van der Waals surface area contributed by atoms with Gasteiger partial charge in [0.15, 0.2) is 0 Å². The summed E-state index contributed by atoms with van der Waals surface area (Å²) in [6.07, 6.45) is -0.0400. The minimum Gasteiger partial charge on any atom is -0.391 e. The monoisotopic (exact) mass is 454 g/mol. The van der Waals surface area contributed by atoms with Crippen molar-refractivity contribution in [1.29, 1.82) is 0 Å². The standard InChI is InChI=1S/C26H25F3N2O2/c27-21-9-6-19(7-10-21)26-14-24(33-30-26)17-31(15-20-8-11-22(28)13-25(20)29)16-23(32)12-18-4-2-1-3-5-18/h1-11,13,23-24,32H,12,14-17H2/t23-,24+/m0/s1. The summed E-state index contributed by atoms with van der Waals surface area (Å²) in [4.78, 5) is 7.47. The molecule has 172 valence electrons. The highest BCUT2D eigenvalue weighted by Crippen LogP contribution is 2.20. The predicted molar refractivity (Wildman–Crippen MR) is 120 cm³/mol. The molecule has 0 saturated heterocycles. The van der Waals surface area contributed by atoms with Crippen LogP contribution in [-0.4, -0.2) is 41.0 Å². The van der Waals surface area contributed by atoms with Crippen LogP contribution in [0.15, 0.2) is 78.0 Å². The van der Waals surface area contributed by atoms with Crippen LogP contribution in [0.3, 0.4) is 0 Å². The Bertz CT molecular complexity index is 1090. The van der Waals surface area contributed by atoms with E-state index in [2.05, 4.69) is 5.16 Å². The number of aliphatic hydroxyl groups is 1. The van der Waals surface area contributed by atoms with E-state index >= 15 is 0 Å². The molecule has 4 rings (SSSR count). The van der Waals surface area contributed by atoms with Crippen LogP contribution in [0.4, 0.5) is 13.2 Å². The van der Waals surface area contributed by atoms with Gasteiger partial charge in [0.05, 0.1) is 11.8 Å². The summed E-state index contributed by atoms with van der Waals surface area (Å²) < 4.78 is 40.9. The van der Waals surface area contributed by atoms with Gasteiger partial charge in [-0.05, 0) is 35.7 Å². The van der Waals surface area contributed by atoms with E-state index in [0.717, 1.165) is 17.2 Å².